The highest BCUT2D eigenvalue weighted by atomic mass is 32.2. The highest BCUT2D eigenvalue weighted by Gasteiger charge is 2.14. The number of rotatable bonds is 4. The quantitative estimate of drug-likeness (QED) is 0.790. The van der Waals surface area contributed by atoms with Gasteiger partial charge in [-0.1, -0.05) is 17.7 Å². The Labute approximate surface area is 129 Å². The Hall–Kier alpha value is -2.53. The summed E-state index contributed by atoms with van der Waals surface area (Å²) in [6.45, 7) is 1.95. The number of aryl methyl sites for hydroxylation is 1. The summed E-state index contributed by atoms with van der Waals surface area (Å²) in [5.74, 6) is 0.704. The smallest absolute Gasteiger partial charge is 0.261 e. The van der Waals surface area contributed by atoms with Crippen LogP contribution in [0.25, 0.3) is 11.3 Å². The molecule has 1 N–H and O–H groups in total. The lowest BCUT2D eigenvalue weighted by Gasteiger charge is -2.08. The minimum Gasteiger partial charge on any atom is -0.464 e. The molecule has 0 aliphatic rings. The summed E-state index contributed by atoms with van der Waals surface area (Å²) in [6, 6.07) is 17.4. The standard InChI is InChI=1S/C17H15NO3S/c1-13-4-8-15(9-5-13)18-22(19,20)16-10-6-14(7-11-16)17-3-2-12-21-17/h2-12,18H,1H3. The lowest BCUT2D eigenvalue weighted by Crippen LogP contribution is -2.12. The predicted octanol–water partition coefficient (Wildman–Crippen LogP) is 4.06. The largest absolute Gasteiger partial charge is 0.464 e. The maximum absolute atomic E-state index is 12.3. The number of benzene rings is 2. The number of sulfonamides is 1. The zero-order valence-electron chi connectivity index (χ0n) is 12.0. The minimum atomic E-state index is -3.59. The van der Waals surface area contributed by atoms with Crippen molar-refractivity contribution in [2.45, 2.75) is 11.8 Å². The van der Waals surface area contributed by atoms with Crippen LogP contribution in [0.3, 0.4) is 0 Å². The van der Waals surface area contributed by atoms with Gasteiger partial charge in [-0.15, -0.1) is 0 Å². The van der Waals surface area contributed by atoms with Crippen LogP contribution in [0, 0.1) is 6.92 Å². The van der Waals surface area contributed by atoms with Crippen molar-refractivity contribution in [1.82, 2.24) is 0 Å². The molecule has 5 heteroatoms. The Balaban J connectivity index is 1.84. The average molecular weight is 313 g/mol. The van der Waals surface area contributed by atoms with Crippen LogP contribution in [0.4, 0.5) is 5.69 Å². The van der Waals surface area contributed by atoms with Gasteiger partial charge in [-0.3, -0.25) is 4.72 Å². The lowest BCUT2D eigenvalue weighted by atomic mass is 10.2. The summed E-state index contributed by atoms with van der Waals surface area (Å²) < 4.78 is 32.6. The molecule has 0 aliphatic heterocycles. The fourth-order valence-corrected chi connectivity index (χ4v) is 3.14. The predicted molar refractivity (Wildman–Crippen MR) is 86.1 cm³/mol. The normalized spacial score (nSPS) is 11.3. The van der Waals surface area contributed by atoms with Crippen LogP contribution < -0.4 is 4.72 Å². The second-order valence-corrected chi connectivity index (χ2v) is 6.66. The van der Waals surface area contributed by atoms with E-state index in [1.54, 1.807) is 48.7 Å². The molecule has 0 saturated carbocycles. The Bertz CT molecular complexity index is 849. The fourth-order valence-electron chi connectivity index (χ4n) is 2.08. The Morgan fingerprint density at radius 2 is 1.59 bits per heavy atom. The topological polar surface area (TPSA) is 59.3 Å². The van der Waals surface area contributed by atoms with Crippen LogP contribution in [-0.2, 0) is 10.0 Å². The third kappa shape index (κ3) is 3.04. The molecule has 3 rings (SSSR count). The van der Waals surface area contributed by atoms with Crippen molar-refractivity contribution in [3.63, 3.8) is 0 Å². The maximum atomic E-state index is 12.3. The maximum Gasteiger partial charge on any atom is 0.261 e. The molecule has 0 radical (unpaired) electrons. The van der Waals surface area contributed by atoms with Crippen molar-refractivity contribution in [1.29, 1.82) is 0 Å². The van der Waals surface area contributed by atoms with Gasteiger partial charge in [-0.2, -0.15) is 0 Å². The van der Waals surface area contributed by atoms with E-state index in [0.29, 0.717) is 11.4 Å². The third-order valence-electron chi connectivity index (χ3n) is 3.27. The van der Waals surface area contributed by atoms with Crippen molar-refractivity contribution in [2.24, 2.45) is 0 Å². The number of nitrogens with one attached hydrogen (secondary N) is 1. The van der Waals surface area contributed by atoms with Crippen LogP contribution in [-0.4, -0.2) is 8.42 Å². The summed E-state index contributed by atoms with van der Waals surface area (Å²) in [6.07, 6.45) is 1.58. The molecule has 112 valence electrons. The molecule has 4 nitrogen and oxygen atoms in total. The second-order valence-electron chi connectivity index (χ2n) is 4.97. The number of furan rings is 1. The summed E-state index contributed by atoms with van der Waals surface area (Å²) in [5, 5.41) is 0. The molecule has 0 fully saturated rings. The molecule has 3 aromatic rings. The monoisotopic (exact) mass is 313 g/mol. The molecule has 0 spiro atoms. The molecule has 0 unspecified atom stereocenters. The third-order valence-corrected chi connectivity index (χ3v) is 4.67. The van der Waals surface area contributed by atoms with Crippen LogP contribution in [0.1, 0.15) is 5.56 Å². The summed E-state index contributed by atoms with van der Waals surface area (Å²) in [7, 11) is -3.59. The van der Waals surface area contributed by atoms with Gasteiger partial charge >= 0.3 is 0 Å². The first-order valence-corrected chi connectivity index (χ1v) is 8.26. The highest BCUT2D eigenvalue weighted by Crippen LogP contribution is 2.23. The van der Waals surface area contributed by atoms with E-state index in [1.165, 1.54) is 0 Å². The summed E-state index contributed by atoms with van der Waals surface area (Å²) >= 11 is 0. The molecule has 0 aliphatic carbocycles. The fraction of sp³-hybridized carbons (Fsp3) is 0.0588. The molecular formula is C17H15NO3S. The molecule has 2 aromatic carbocycles. The van der Waals surface area contributed by atoms with E-state index in [-0.39, 0.29) is 4.90 Å². The molecule has 0 saturated heterocycles. The molecule has 1 aromatic heterocycles. The molecule has 22 heavy (non-hydrogen) atoms. The zero-order chi connectivity index (χ0) is 15.6. The first-order valence-electron chi connectivity index (χ1n) is 6.78. The van der Waals surface area contributed by atoms with E-state index < -0.39 is 10.0 Å². The van der Waals surface area contributed by atoms with Gasteiger partial charge in [-0.25, -0.2) is 8.42 Å². The Morgan fingerprint density at radius 3 is 2.18 bits per heavy atom. The molecule has 1 heterocycles. The second kappa shape index (κ2) is 5.69. The number of hydrogen-bond acceptors (Lipinski definition) is 3. The summed E-state index contributed by atoms with van der Waals surface area (Å²) in [4.78, 5) is 0.211. The van der Waals surface area contributed by atoms with Gasteiger partial charge in [0.05, 0.1) is 11.2 Å². The number of anilines is 1. The van der Waals surface area contributed by atoms with Crippen LogP contribution in [0.15, 0.2) is 76.2 Å². The molecular weight excluding hydrogens is 298 g/mol. The Kier molecular flexibility index (Phi) is 3.73. The van der Waals surface area contributed by atoms with E-state index in [4.69, 9.17) is 4.42 Å². The van der Waals surface area contributed by atoms with Crippen molar-refractivity contribution in [2.75, 3.05) is 4.72 Å². The van der Waals surface area contributed by atoms with E-state index >= 15 is 0 Å². The van der Waals surface area contributed by atoms with Crippen molar-refractivity contribution >= 4 is 15.7 Å². The van der Waals surface area contributed by atoms with Gasteiger partial charge in [0, 0.05) is 11.3 Å². The van der Waals surface area contributed by atoms with Gasteiger partial charge < -0.3 is 4.42 Å². The van der Waals surface area contributed by atoms with E-state index in [2.05, 4.69) is 4.72 Å². The SMILES string of the molecule is Cc1ccc(NS(=O)(=O)c2ccc(-c3ccco3)cc2)cc1. The van der Waals surface area contributed by atoms with Gasteiger partial charge in [0.25, 0.3) is 10.0 Å². The van der Waals surface area contributed by atoms with E-state index in [1.807, 2.05) is 25.1 Å². The van der Waals surface area contributed by atoms with Crippen molar-refractivity contribution in [3.05, 3.63) is 72.5 Å². The molecule has 0 amide bonds. The van der Waals surface area contributed by atoms with Crippen LogP contribution >= 0.6 is 0 Å². The van der Waals surface area contributed by atoms with Crippen molar-refractivity contribution < 1.29 is 12.8 Å². The van der Waals surface area contributed by atoms with E-state index in [9.17, 15) is 8.42 Å². The van der Waals surface area contributed by atoms with Gasteiger partial charge in [0.1, 0.15) is 5.76 Å². The lowest BCUT2D eigenvalue weighted by molar-refractivity contribution is 0.582. The van der Waals surface area contributed by atoms with Gasteiger partial charge in [0.2, 0.25) is 0 Å². The van der Waals surface area contributed by atoms with Crippen LogP contribution in [0.2, 0.25) is 0 Å². The van der Waals surface area contributed by atoms with E-state index in [0.717, 1.165) is 11.1 Å². The first kappa shape index (κ1) is 14.4. The van der Waals surface area contributed by atoms with Gasteiger partial charge in [0.15, 0.2) is 0 Å². The molecule has 0 atom stereocenters. The average Bonchev–Trinajstić information content (AvgIpc) is 3.04. The van der Waals surface area contributed by atoms with Gasteiger partial charge in [-0.05, 0) is 55.5 Å². The van der Waals surface area contributed by atoms with Crippen molar-refractivity contribution in [3.8, 4) is 11.3 Å². The first-order chi connectivity index (χ1) is 10.5. The minimum absolute atomic E-state index is 0.211. The Morgan fingerprint density at radius 1 is 0.909 bits per heavy atom. The highest BCUT2D eigenvalue weighted by molar-refractivity contribution is 7.92. The number of hydrogen-bond donors (Lipinski definition) is 1. The summed E-state index contributed by atoms with van der Waals surface area (Å²) in [5.41, 5.74) is 2.45. The molecule has 0 bridgehead atoms. The van der Waals surface area contributed by atoms with Crippen LogP contribution in [0.5, 0.6) is 0 Å². The zero-order valence-corrected chi connectivity index (χ0v) is 12.8.